The number of nitrogens with one attached hydrogen (secondary N) is 1. The van der Waals surface area contributed by atoms with Gasteiger partial charge >= 0.3 is 0 Å². The van der Waals surface area contributed by atoms with Gasteiger partial charge in [0.1, 0.15) is 6.61 Å². The van der Waals surface area contributed by atoms with Gasteiger partial charge in [0.2, 0.25) is 0 Å². The zero-order valence-corrected chi connectivity index (χ0v) is 19.5. The predicted octanol–water partition coefficient (Wildman–Crippen LogP) is 3.10. The van der Waals surface area contributed by atoms with Crippen molar-refractivity contribution < 1.29 is 27.8 Å². The zero-order valence-electron chi connectivity index (χ0n) is 18.7. The van der Waals surface area contributed by atoms with Crippen LogP contribution in [-0.2, 0) is 16.6 Å². The molecule has 4 aromatic rings. The Hall–Kier alpha value is -4.37. The molecule has 0 amide bonds. The number of hydrogen-bond acceptors (Lipinski definition) is 7. The zero-order chi connectivity index (χ0) is 24.8. The van der Waals surface area contributed by atoms with Crippen molar-refractivity contribution in [3.8, 4) is 11.5 Å². The summed E-state index contributed by atoms with van der Waals surface area (Å²) >= 11 is 0. The van der Waals surface area contributed by atoms with Crippen LogP contribution in [0.2, 0.25) is 0 Å². The average molecular weight is 490 g/mol. The number of benzene rings is 4. The molecule has 0 saturated carbocycles. The number of sulfonamides is 1. The van der Waals surface area contributed by atoms with Gasteiger partial charge in [-0.15, -0.1) is 0 Å². The van der Waals surface area contributed by atoms with Crippen molar-refractivity contribution >= 4 is 33.0 Å². The molecule has 0 fully saturated rings. The van der Waals surface area contributed by atoms with Crippen molar-refractivity contribution in [1.82, 2.24) is 4.83 Å². The van der Waals surface area contributed by atoms with Crippen LogP contribution >= 0.6 is 0 Å². The van der Waals surface area contributed by atoms with Crippen molar-refractivity contribution in [3.63, 3.8) is 0 Å². The summed E-state index contributed by atoms with van der Waals surface area (Å²) in [4.78, 5) is 13.2. The number of carboxylic acids is 1. The monoisotopic (exact) mass is 489 g/mol. The Balaban J connectivity index is 1.42. The Morgan fingerprint density at radius 2 is 1.69 bits per heavy atom. The number of nitrogens with zero attached hydrogens (tertiary/aromatic N) is 1. The molecule has 0 saturated heterocycles. The first kappa shape index (κ1) is 23.8. The molecule has 35 heavy (non-hydrogen) atoms. The van der Waals surface area contributed by atoms with E-state index in [1.54, 1.807) is 42.5 Å². The maximum absolute atomic E-state index is 12.6. The van der Waals surface area contributed by atoms with Gasteiger partial charge < -0.3 is 19.4 Å². The Morgan fingerprint density at radius 1 is 0.943 bits per heavy atom. The number of fused-ring (bicyclic) bond motifs is 1. The minimum Gasteiger partial charge on any atom is -0.545 e. The molecule has 8 nitrogen and oxygen atoms in total. The van der Waals surface area contributed by atoms with Gasteiger partial charge in [-0.3, -0.25) is 0 Å². The molecule has 0 radical (unpaired) electrons. The van der Waals surface area contributed by atoms with Gasteiger partial charge in [0.15, 0.2) is 11.5 Å². The number of methoxy groups -OCH3 is 1. The van der Waals surface area contributed by atoms with E-state index in [1.807, 2.05) is 24.3 Å². The fourth-order valence-electron chi connectivity index (χ4n) is 3.34. The largest absolute Gasteiger partial charge is 0.545 e. The highest BCUT2D eigenvalue weighted by Crippen LogP contribution is 2.28. The molecule has 0 aromatic heterocycles. The SMILES string of the molecule is COc1cc(C=NNS(=O)(=O)c2ccc3ccccc3c2)ccc1OCc1ccc(C(=O)[O-])cc1. The number of carboxylic acid groups (broad SMARTS) is 1. The van der Waals surface area contributed by atoms with Crippen LogP contribution in [0.5, 0.6) is 11.5 Å². The molecule has 0 spiro atoms. The van der Waals surface area contributed by atoms with Crippen molar-refractivity contribution in [2.45, 2.75) is 11.5 Å². The summed E-state index contributed by atoms with van der Waals surface area (Å²) in [6, 6.07) is 23.6. The van der Waals surface area contributed by atoms with Gasteiger partial charge in [-0.1, -0.05) is 54.6 Å². The van der Waals surface area contributed by atoms with E-state index >= 15 is 0 Å². The molecule has 9 heteroatoms. The fraction of sp³-hybridized carbons (Fsp3) is 0.0769. The first-order valence-electron chi connectivity index (χ1n) is 10.5. The van der Waals surface area contributed by atoms with Crippen LogP contribution < -0.4 is 19.4 Å². The molecule has 0 bridgehead atoms. The lowest BCUT2D eigenvalue weighted by atomic mass is 10.1. The standard InChI is InChI=1S/C26H22N2O6S/c1-33-25-14-19(8-13-24(25)34-17-18-6-9-21(10-7-18)26(29)30)16-27-28-35(31,32)23-12-11-20-4-2-3-5-22(20)15-23/h2-16,28H,17H2,1H3,(H,29,30)/p-1. The van der Waals surface area contributed by atoms with Crippen molar-refractivity contribution in [1.29, 1.82) is 0 Å². The Bertz CT molecular complexity index is 1500. The number of carbonyl (C=O) groups excluding carboxylic acids is 1. The molecule has 0 aliphatic rings. The lowest BCUT2D eigenvalue weighted by molar-refractivity contribution is -0.255. The van der Waals surface area contributed by atoms with Crippen LogP contribution in [0, 0.1) is 0 Å². The Labute approximate surface area is 202 Å². The van der Waals surface area contributed by atoms with E-state index < -0.39 is 16.0 Å². The number of hydrazone groups is 1. The van der Waals surface area contributed by atoms with E-state index in [4.69, 9.17) is 9.47 Å². The summed E-state index contributed by atoms with van der Waals surface area (Å²) in [5, 5.41) is 16.5. The summed E-state index contributed by atoms with van der Waals surface area (Å²) in [6.45, 7) is 0.197. The molecule has 0 atom stereocenters. The molecular weight excluding hydrogens is 468 g/mol. The van der Waals surface area contributed by atoms with Crippen molar-refractivity contribution in [2.75, 3.05) is 7.11 Å². The van der Waals surface area contributed by atoms with Gasteiger partial charge in [0, 0.05) is 0 Å². The van der Waals surface area contributed by atoms with Crippen LogP contribution in [0.1, 0.15) is 21.5 Å². The van der Waals surface area contributed by atoms with Crippen LogP contribution in [-0.4, -0.2) is 27.7 Å². The summed E-state index contributed by atoms with van der Waals surface area (Å²) in [6.07, 6.45) is 1.36. The van der Waals surface area contributed by atoms with Crippen molar-refractivity contribution in [3.05, 3.63) is 102 Å². The summed E-state index contributed by atoms with van der Waals surface area (Å²) in [7, 11) is -2.35. The highest BCUT2D eigenvalue weighted by atomic mass is 32.2. The lowest BCUT2D eigenvalue weighted by Gasteiger charge is -2.12. The topological polar surface area (TPSA) is 117 Å². The quantitative estimate of drug-likeness (QED) is 0.285. The third kappa shape index (κ3) is 5.77. The first-order chi connectivity index (χ1) is 16.9. The van der Waals surface area contributed by atoms with Gasteiger partial charge in [-0.25, -0.2) is 4.83 Å². The van der Waals surface area contributed by atoms with E-state index in [2.05, 4.69) is 9.93 Å². The summed E-state index contributed by atoms with van der Waals surface area (Å²) in [5.74, 6) is -0.348. The highest BCUT2D eigenvalue weighted by Gasteiger charge is 2.13. The number of aromatic carboxylic acids is 1. The van der Waals surface area contributed by atoms with E-state index in [0.29, 0.717) is 17.1 Å². The molecule has 0 aliphatic heterocycles. The molecular formula is C26H21N2O6S-. The molecule has 178 valence electrons. The van der Waals surface area contributed by atoms with E-state index in [1.165, 1.54) is 31.5 Å². The van der Waals surface area contributed by atoms with Crippen LogP contribution in [0.25, 0.3) is 10.8 Å². The van der Waals surface area contributed by atoms with Crippen molar-refractivity contribution in [2.24, 2.45) is 5.10 Å². The molecule has 1 N–H and O–H groups in total. The first-order valence-corrected chi connectivity index (χ1v) is 12.0. The van der Waals surface area contributed by atoms with E-state index in [0.717, 1.165) is 16.3 Å². The second kappa shape index (κ2) is 10.3. The predicted molar refractivity (Wildman–Crippen MR) is 130 cm³/mol. The fourth-order valence-corrected chi connectivity index (χ4v) is 4.17. The molecule has 0 unspecified atom stereocenters. The van der Waals surface area contributed by atoms with Gasteiger partial charge in [0.25, 0.3) is 10.0 Å². The van der Waals surface area contributed by atoms with Gasteiger partial charge in [-0.2, -0.15) is 13.5 Å². The van der Waals surface area contributed by atoms with E-state index in [-0.39, 0.29) is 17.1 Å². The third-order valence-corrected chi connectivity index (χ3v) is 6.41. The lowest BCUT2D eigenvalue weighted by Crippen LogP contribution is -2.22. The van der Waals surface area contributed by atoms with Crippen LogP contribution in [0.3, 0.4) is 0 Å². The molecule has 4 aromatic carbocycles. The second-order valence-electron chi connectivity index (χ2n) is 7.55. The third-order valence-electron chi connectivity index (χ3n) is 5.19. The maximum Gasteiger partial charge on any atom is 0.276 e. The van der Waals surface area contributed by atoms with Gasteiger partial charge in [-0.05, 0) is 57.8 Å². The smallest absolute Gasteiger partial charge is 0.276 e. The summed E-state index contributed by atoms with van der Waals surface area (Å²) in [5.41, 5.74) is 1.45. The number of rotatable bonds is 9. The number of carbonyl (C=O) groups is 1. The second-order valence-corrected chi connectivity index (χ2v) is 9.21. The highest BCUT2D eigenvalue weighted by molar-refractivity contribution is 7.89. The summed E-state index contributed by atoms with van der Waals surface area (Å²) < 4.78 is 36.4. The molecule has 0 heterocycles. The van der Waals surface area contributed by atoms with Gasteiger partial charge in [0.05, 0.1) is 24.2 Å². The number of ether oxygens (including phenoxy) is 2. The Morgan fingerprint density at radius 3 is 2.40 bits per heavy atom. The molecule has 0 aliphatic carbocycles. The number of hydrogen-bond donors (Lipinski definition) is 1. The maximum atomic E-state index is 12.6. The average Bonchev–Trinajstić information content (AvgIpc) is 2.87. The van der Waals surface area contributed by atoms with E-state index in [9.17, 15) is 18.3 Å². The van der Waals surface area contributed by atoms with Crippen LogP contribution in [0.4, 0.5) is 0 Å². The minimum atomic E-state index is -3.84. The Kier molecular flexibility index (Phi) is 6.98. The normalized spacial score (nSPS) is 11.5. The van der Waals surface area contributed by atoms with Crippen LogP contribution in [0.15, 0.2) is 94.9 Å². The molecule has 4 rings (SSSR count). The minimum absolute atomic E-state index is 0.0891.